The van der Waals surface area contributed by atoms with Crippen molar-refractivity contribution in [1.29, 1.82) is 0 Å². The molecule has 1 aliphatic carbocycles. The van der Waals surface area contributed by atoms with Gasteiger partial charge in [-0.15, -0.1) is 0 Å². The van der Waals surface area contributed by atoms with Gasteiger partial charge in [0.05, 0.1) is 24.1 Å². The van der Waals surface area contributed by atoms with Crippen LogP contribution in [0.2, 0.25) is 0 Å². The monoisotopic (exact) mass is 432 g/mol. The van der Waals surface area contributed by atoms with Crippen LogP contribution < -0.4 is 16.4 Å². The predicted molar refractivity (Wildman–Crippen MR) is 101 cm³/mol. The highest BCUT2D eigenvalue weighted by molar-refractivity contribution is 6.34. The molecule has 0 unspecified atom stereocenters. The highest BCUT2D eigenvalue weighted by Crippen LogP contribution is 2.31. The van der Waals surface area contributed by atoms with Crippen LogP contribution in [0, 0.1) is 10.1 Å². The van der Waals surface area contributed by atoms with Crippen molar-refractivity contribution in [3.63, 3.8) is 0 Å². The SMILES string of the molecule is NC(=O)C(=O)NCCOC1CCC(Nc2ccc([N+](=O)[O-])c(CC(F)(F)F)c2)CC1. The third-order valence-corrected chi connectivity index (χ3v) is 4.68. The highest BCUT2D eigenvalue weighted by atomic mass is 19.4. The number of benzene rings is 1. The van der Waals surface area contributed by atoms with Gasteiger partial charge < -0.3 is 21.1 Å². The zero-order valence-electron chi connectivity index (χ0n) is 16.0. The molecule has 0 aromatic heterocycles. The molecule has 9 nitrogen and oxygen atoms in total. The summed E-state index contributed by atoms with van der Waals surface area (Å²) in [7, 11) is 0. The van der Waals surface area contributed by atoms with E-state index in [4.69, 9.17) is 10.5 Å². The number of carbonyl (C=O) groups excluding carboxylic acids is 2. The van der Waals surface area contributed by atoms with Gasteiger partial charge in [-0.2, -0.15) is 13.2 Å². The molecule has 12 heteroatoms. The van der Waals surface area contributed by atoms with Crippen molar-refractivity contribution in [2.75, 3.05) is 18.5 Å². The average Bonchev–Trinajstić information content (AvgIpc) is 2.65. The third kappa shape index (κ3) is 7.50. The molecule has 0 radical (unpaired) electrons. The summed E-state index contributed by atoms with van der Waals surface area (Å²) in [5.41, 5.74) is 4.28. The molecule has 1 aromatic rings. The van der Waals surface area contributed by atoms with E-state index in [9.17, 15) is 32.9 Å². The first kappa shape index (κ1) is 23.4. The summed E-state index contributed by atoms with van der Waals surface area (Å²) in [6.45, 7) is 0.385. The molecule has 0 heterocycles. The van der Waals surface area contributed by atoms with Crippen LogP contribution in [-0.4, -0.2) is 48.2 Å². The van der Waals surface area contributed by atoms with Gasteiger partial charge in [-0.1, -0.05) is 0 Å². The quantitative estimate of drug-likeness (QED) is 0.249. The van der Waals surface area contributed by atoms with Gasteiger partial charge in [0.25, 0.3) is 5.69 Å². The lowest BCUT2D eigenvalue weighted by Gasteiger charge is -2.30. The first-order valence-corrected chi connectivity index (χ1v) is 9.35. The van der Waals surface area contributed by atoms with Gasteiger partial charge in [0, 0.05) is 29.9 Å². The largest absolute Gasteiger partial charge is 0.393 e. The number of nitrogens with one attached hydrogen (secondary N) is 2. The summed E-state index contributed by atoms with van der Waals surface area (Å²) in [5, 5.41) is 16.4. The van der Waals surface area contributed by atoms with E-state index in [2.05, 4.69) is 10.6 Å². The number of rotatable bonds is 8. The number of hydrogen-bond acceptors (Lipinski definition) is 6. The first-order chi connectivity index (χ1) is 14.0. The lowest BCUT2D eigenvalue weighted by atomic mass is 9.92. The normalized spacial score (nSPS) is 19.2. The Morgan fingerprint density at radius 1 is 1.23 bits per heavy atom. The second-order valence-electron chi connectivity index (χ2n) is 7.00. The van der Waals surface area contributed by atoms with E-state index in [-0.39, 0.29) is 30.9 Å². The predicted octanol–water partition coefficient (Wildman–Crippen LogP) is 2.04. The van der Waals surface area contributed by atoms with E-state index in [0.717, 1.165) is 6.07 Å². The van der Waals surface area contributed by atoms with Crippen LogP contribution in [0.5, 0.6) is 0 Å². The number of carbonyl (C=O) groups is 2. The molecule has 4 N–H and O–H groups in total. The average molecular weight is 432 g/mol. The van der Waals surface area contributed by atoms with Crippen molar-refractivity contribution in [3.05, 3.63) is 33.9 Å². The van der Waals surface area contributed by atoms with Crippen molar-refractivity contribution < 1.29 is 32.4 Å². The van der Waals surface area contributed by atoms with Crippen LogP contribution in [-0.2, 0) is 20.7 Å². The molecule has 1 saturated carbocycles. The minimum atomic E-state index is -4.55. The van der Waals surface area contributed by atoms with Gasteiger partial charge in [0.15, 0.2) is 0 Å². The first-order valence-electron chi connectivity index (χ1n) is 9.35. The number of halogens is 3. The van der Waals surface area contributed by atoms with E-state index in [1.165, 1.54) is 12.1 Å². The number of anilines is 1. The molecular formula is C18H23F3N4O5. The molecule has 0 aliphatic heterocycles. The van der Waals surface area contributed by atoms with Crippen molar-refractivity contribution in [3.8, 4) is 0 Å². The third-order valence-electron chi connectivity index (χ3n) is 4.68. The molecule has 166 valence electrons. The van der Waals surface area contributed by atoms with Crippen molar-refractivity contribution in [2.24, 2.45) is 5.73 Å². The van der Waals surface area contributed by atoms with Crippen LogP contribution in [0.4, 0.5) is 24.5 Å². The molecule has 0 spiro atoms. The Bertz CT molecular complexity index is 780. The Labute approximate surface area is 170 Å². The van der Waals surface area contributed by atoms with E-state index < -0.39 is 35.0 Å². The lowest BCUT2D eigenvalue weighted by Crippen LogP contribution is -2.38. The topological polar surface area (TPSA) is 137 Å². The van der Waals surface area contributed by atoms with E-state index in [0.29, 0.717) is 31.4 Å². The highest BCUT2D eigenvalue weighted by Gasteiger charge is 2.32. The summed E-state index contributed by atoms with van der Waals surface area (Å²) in [5.74, 6) is -1.94. The Morgan fingerprint density at radius 2 is 1.90 bits per heavy atom. The minimum Gasteiger partial charge on any atom is -0.382 e. The number of nitro groups is 1. The number of primary amides is 1. The fourth-order valence-corrected chi connectivity index (χ4v) is 3.30. The van der Waals surface area contributed by atoms with Crippen LogP contribution in [0.1, 0.15) is 31.2 Å². The maximum atomic E-state index is 12.7. The van der Waals surface area contributed by atoms with Gasteiger partial charge in [-0.05, 0) is 37.8 Å². The number of hydrogen-bond donors (Lipinski definition) is 3. The van der Waals surface area contributed by atoms with Gasteiger partial charge in [-0.3, -0.25) is 19.7 Å². The number of amides is 2. The molecule has 1 aliphatic rings. The van der Waals surface area contributed by atoms with Gasteiger partial charge in [0.2, 0.25) is 0 Å². The Kier molecular flexibility index (Phi) is 7.98. The Morgan fingerprint density at radius 3 is 2.47 bits per heavy atom. The molecule has 2 rings (SSSR count). The number of nitro benzene ring substituents is 1. The number of ether oxygens (including phenoxy) is 1. The number of nitrogens with zero attached hydrogens (tertiary/aromatic N) is 1. The molecule has 30 heavy (non-hydrogen) atoms. The van der Waals surface area contributed by atoms with Crippen molar-refractivity contribution in [1.82, 2.24) is 5.32 Å². The maximum absolute atomic E-state index is 12.7. The van der Waals surface area contributed by atoms with E-state index in [1.54, 1.807) is 0 Å². The van der Waals surface area contributed by atoms with Crippen LogP contribution >= 0.6 is 0 Å². The fourth-order valence-electron chi connectivity index (χ4n) is 3.30. The van der Waals surface area contributed by atoms with Gasteiger partial charge in [-0.25, -0.2) is 0 Å². The smallest absolute Gasteiger partial charge is 0.382 e. The summed E-state index contributed by atoms with van der Waals surface area (Å²) >= 11 is 0. The van der Waals surface area contributed by atoms with Gasteiger partial charge >= 0.3 is 18.0 Å². The van der Waals surface area contributed by atoms with Crippen LogP contribution in [0.15, 0.2) is 18.2 Å². The summed E-state index contributed by atoms with van der Waals surface area (Å²) in [6.07, 6.45) is -3.16. The fraction of sp³-hybridized carbons (Fsp3) is 0.556. The summed E-state index contributed by atoms with van der Waals surface area (Å²) in [4.78, 5) is 31.8. The molecule has 0 bridgehead atoms. The molecular weight excluding hydrogens is 409 g/mol. The zero-order chi connectivity index (χ0) is 22.3. The zero-order valence-corrected chi connectivity index (χ0v) is 16.0. The number of alkyl halides is 3. The lowest BCUT2D eigenvalue weighted by molar-refractivity contribution is -0.386. The Hall–Kier alpha value is -2.89. The standard InChI is InChI=1S/C18H23F3N4O5/c19-18(20,21)10-11-9-13(3-6-15(11)25(28)29)24-12-1-4-14(5-2-12)30-8-7-23-17(27)16(22)26/h3,6,9,12,14,24H,1-2,4-5,7-8,10H2,(H2,22,26)(H,23,27). The molecule has 0 saturated heterocycles. The molecule has 0 atom stereocenters. The van der Waals surface area contributed by atoms with Gasteiger partial charge in [0.1, 0.15) is 0 Å². The summed E-state index contributed by atoms with van der Waals surface area (Å²) in [6, 6.07) is 3.66. The van der Waals surface area contributed by atoms with Crippen molar-refractivity contribution >= 4 is 23.2 Å². The second-order valence-corrected chi connectivity index (χ2v) is 7.00. The Balaban J connectivity index is 1.83. The molecule has 1 fully saturated rings. The van der Waals surface area contributed by atoms with Crippen LogP contribution in [0.3, 0.4) is 0 Å². The number of nitrogens with two attached hydrogens (primary N) is 1. The maximum Gasteiger partial charge on any atom is 0.393 e. The van der Waals surface area contributed by atoms with Crippen LogP contribution in [0.25, 0.3) is 0 Å². The molecule has 1 aromatic carbocycles. The minimum absolute atomic E-state index is 0.000364. The van der Waals surface area contributed by atoms with E-state index in [1.807, 2.05) is 0 Å². The van der Waals surface area contributed by atoms with Crippen molar-refractivity contribution in [2.45, 2.75) is 50.4 Å². The second kappa shape index (κ2) is 10.2. The summed E-state index contributed by atoms with van der Waals surface area (Å²) < 4.78 is 43.8. The molecule has 2 amide bonds. The van der Waals surface area contributed by atoms with E-state index >= 15 is 0 Å².